The molecule has 2 heterocycles. The maximum Gasteiger partial charge on any atom is 0.266 e. The molecule has 8 nitrogen and oxygen atoms in total. The van der Waals surface area contributed by atoms with E-state index in [0.29, 0.717) is 22.7 Å². The Morgan fingerprint density at radius 3 is 2.27 bits per heavy atom. The molecule has 2 aliphatic heterocycles. The summed E-state index contributed by atoms with van der Waals surface area (Å²) in [4.78, 5) is 34.4. The highest BCUT2D eigenvalue weighted by Gasteiger charge is 2.60. The summed E-state index contributed by atoms with van der Waals surface area (Å²) >= 11 is 0. The summed E-state index contributed by atoms with van der Waals surface area (Å²) in [6.45, 7) is 0. The van der Waals surface area contributed by atoms with Crippen LogP contribution in [0.4, 0.5) is 11.4 Å². The highest BCUT2D eigenvalue weighted by molar-refractivity contribution is 6.24. The molecule has 0 bridgehead atoms. The summed E-state index contributed by atoms with van der Waals surface area (Å²) in [6.07, 6.45) is -1.01. The quantitative estimate of drug-likeness (QED) is 0.601. The summed E-state index contributed by atoms with van der Waals surface area (Å²) < 4.78 is 10.7. The van der Waals surface area contributed by atoms with Gasteiger partial charge in [-0.3, -0.25) is 14.4 Å². The normalized spacial score (nSPS) is 21.9. The molecule has 0 aromatic heterocycles. The fourth-order valence-electron chi connectivity index (χ4n) is 4.48. The standard InChI is InChI=1S/C25H22N2O6/c1-31-19-11-7-6-10-17(19)26-24(29)21-22(15-12-13-18(28)20(14-15)32-2)27(33-23(21)25(26)30)16-8-4-3-5-9-16/h3-14,21-23,28H,1-2H3/t21-,22+,23+/m1/s1. The zero-order valence-corrected chi connectivity index (χ0v) is 18.0. The van der Waals surface area contributed by atoms with Gasteiger partial charge in [0.2, 0.25) is 5.91 Å². The van der Waals surface area contributed by atoms with Crippen LogP contribution < -0.4 is 19.4 Å². The van der Waals surface area contributed by atoms with Crippen LogP contribution in [0.5, 0.6) is 17.2 Å². The number of ether oxygens (including phenoxy) is 2. The average Bonchev–Trinajstić information content (AvgIpc) is 3.36. The van der Waals surface area contributed by atoms with Gasteiger partial charge in [0.05, 0.1) is 31.6 Å². The van der Waals surface area contributed by atoms with Gasteiger partial charge < -0.3 is 14.6 Å². The van der Waals surface area contributed by atoms with Gasteiger partial charge in [-0.25, -0.2) is 9.96 Å². The van der Waals surface area contributed by atoms with Crippen molar-refractivity contribution in [2.24, 2.45) is 5.92 Å². The van der Waals surface area contributed by atoms with E-state index in [4.69, 9.17) is 14.3 Å². The Kier molecular flexibility index (Phi) is 5.14. The molecule has 0 saturated carbocycles. The molecule has 2 saturated heterocycles. The summed E-state index contributed by atoms with van der Waals surface area (Å²) in [5.41, 5.74) is 1.75. The number of aromatic hydroxyl groups is 1. The summed E-state index contributed by atoms with van der Waals surface area (Å²) in [5.74, 6) is -0.984. The third-order valence-corrected chi connectivity index (χ3v) is 6.00. The van der Waals surface area contributed by atoms with Gasteiger partial charge in [-0.15, -0.1) is 0 Å². The van der Waals surface area contributed by atoms with Gasteiger partial charge in [-0.2, -0.15) is 0 Å². The van der Waals surface area contributed by atoms with E-state index < -0.39 is 24.0 Å². The van der Waals surface area contributed by atoms with Crippen LogP contribution in [0.25, 0.3) is 0 Å². The van der Waals surface area contributed by atoms with Crippen molar-refractivity contribution in [1.82, 2.24) is 0 Å². The monoisotopic (exact) mass is 446 g/mol. The van der Waals surface area contributed by atoms with Crippen molar-refractivity contribution in [1.29, 1.82) is 0 Å². The molecule has 168 valence electrons. The van der Waals surface area contributed by atoms with Crippen LogP contribution in [0.3, 0.4) is 0 Å². The number of carbonyl (C=O) groups is 2. The Morgan fingerprint density at radius 1 is 0.848 bits per heavy atom. The number of rotatable bonds is 5. The molecule has 8 heteroatoms. The zero-order chi connectivity index (χ0) is 23.1. The molecule has 0 unspecified atom stereocenters. The summed E-state index contributed by atoms with van der Waals surface area (Å²) in [7, 11) is 2.94. The Labute approximate surface area is 190 Å². The van der Waals surface area contributed by atoms with Gasteiger partial charge in [0.15, 0.2) is 17.6 Å². The predicted molar refractivity (Wildman–Crippen MR) is 120 cm³/mol. The lowest BCUT2D eigenvalue weighted by Crippen LogP contribution is -2.37. The predicted octanol–water partition coefficient (Wildman–Crippen LogP) is 3.46. The molecule has 3 aromatic carbocycles. The first-order valence-corrected chi connectivity index (χ1v) is 10.4. The van der Waals surface area contributed by atoms with Crippen LogP contribution >= 0.6 is 0 Å². The number of amides is 2. The van der Waals surface area contributed by atoms with Crippen molar-refractivity contribution in [3.05, 3.63) is 78.4 Å². The number of hydrogen-bond acceptors (Lipinski definition) is 7. The Morgan fingerprint density at radius 2 is 1.55 bits per heavy atom. The minimum atomic E-state index is -1.01. The van der Waals surface area contributed by atoms with E-state index in [9.17, 15) is 14.7 Å². The van der Waals surface area contributed by atoms with E-state index in [1.165, 1.54) is 20.3 Å². The first-order valence-electron chi connectivity index (χ1n) is 10.4. The van der Waals surface area contributed by atoms with Crippen molar-refractivity contribution in [3.63, 3.8) is 0 Å². The Balaban J connectivity index is 1.62. The number of para-hydroxylation sites is 3. The number of phenols is 1. The van der Waals surface area contributed by atoms with Gasteiger partial charge >= 0.3 is 0 Å². The second kappa shape index (κ2) is 8.14. The zero-order valence-electron chi connectivity index (χ0n) is 18.0. The number of carbonyl (C=O) groups excluding carboxylic acids is 2. The van der Waals surface area contributed by atoms with Crippen molar-refractivity contribution >= 4 is 23.2 Å². The Bertz CT molecular complexity index is 1210. The molecule has 33 heavy (non-hydrogen) atoms. The number of phenolic OH excluding ortho intramolecular Hbond substituents is 1. The number of anilines is 2. The number of fused-ring (bicyclic) bond motifs is 1. The van der Waals surface area contributed by atoms with Crippen molar-refractivity contribution < 1.29 is 29.0 Å². The highest BCUT2D eigenvalue weighted by Crippen LogP contribution is 2.49. The topological polar surface area (TPSA) is 88.5 Å². The van der Waals surface area contributed by atoms with Crippen LogP contribution in [0.2, 0.25) is 0 Å². The first-order chi connectivity index (χ1) is 16.0. The molecule has 2 amide bonds. The molecule has 0 spiro atoms. The fourth-order valence-corrected chi connectivity index (χ4v) is 4.48. The van der Waals surface area contributed by atoms with Crippen molar-refractivity contribution in [2.45, 2.75) is 12.1 Å². The molecule has 3 atom stereocenters. The van der Waals surface area contributed by atoms with Crippen LogP contribution in [0.1, 0.15) is 11.6 Å². The smallest absolute Gasteiger partial charge is 0.266 e. The van der Waals surface area contributed by atoms with E-state index in [2.05, 4.69) is 0 Å². The van der Waals surface area contributed by atoms with E-state index >= 15 is 0 Å². The molecule has 2 aliphatic rings. The third-order valence-electron chi connectivity index (χ3n) is 6.00. The molecule has 0 aliphatic carbocycles. The second-order valence-electron chi connectivity index (χ2n) is 7.77. The minimum absolute atomic E-state index is 0.0209. The second-order valence-corrected chi connectivity index (χ2v) is 7.77. The summed E-state index contributed by atoms with van der Waals surface area (Å²) in [5, 5.41) is 11.7. The average molecular weight is 446 g/mol. The van der Waals surface area contributed by atoms with Crippen molar-refractivity contribution in [2.75, 3.05) is 24.2 Å². The minimum Gasteiger partial charge on any atom is -0.504 e. The lowest BCUT2D eigenvalue weighted by atomic mass is 9.90. The van der Waals surface area contributed by atoms with Gasteiger partial charge in [0, 0.05) is 0 Å². The SMILES string of the molecule is COc1cc([C@H]2[C@H]3C(=O)N(c4ccccc4OC)C(=O)[C@H]3ON2c2ccccc2)ccc1O. The fraction of sp³-hybridized carbons (Fsp3) is 0.200. The van der Waals surface area contributed by atoms with E-state index in [1.54, 1.807) is 41.5 Å². The number of hydrogen-bond donors (Lipinski definition) is 1. The molecule has 1 N–H and O–H groups in total. The van der Waals surface area contributed by atoms with Crippen LogP contribution in [-0.4, -0.2) is 37.2 Å². The number of benzene rings is 3. The maximum atomic E-state index is 13.7. The van der Waals surface area contributed by atoms with E-state index in [-0.39, 0.29) is 17.4 Å². The van der Waals surface area contributed by atoms with Crippen LogP contribution in [0.15, 0.2) is 72.8 Å². The number of nitrogens with zero attached hydrogens (tertiary/aromatic N) is 2. The van der Waals surface area contributed by atoms with Crippen molar-refractivity contribution in [3.8, 4) is 17.2 Å². The van der Waals surface area contributed by atoms with Crippen LogP contribution in [0, 0.1) is 5.92 Å². The molecule has 0 radical (unpaired) electrons. The highest BCUT2D eigenvalue weighted by atomic mass is 16.7. The number of imide groups is 1. The number of methoxy groups -OCH3 is 2. The molecule has 3 aromatic rings. The largest absolute Gasteiger partial charge is 0.504 e. The van der Waals surface area contributed by atoms with E-state index in [1.807, 2.05) is 30.3 Å². The van der Waals surface area contributed by atoms with Gasteiger partial charge in [-0.05, 0) is 42.0 Å². The number of hydroxylamine groups is 1. The van der Waals surface area contributed by atoms with Gasteiger partial charge in [0.25, 0.3) is 5.91 Å². The summed E-state index contributed by atoms with van der Waals surface area (Å²) in [6, 6.07) is 20.4. The molecular weight excluding hydrogens is 424 g/mol. The molecular formula is C25H22N2O6. The first kappa shape index (κ1) is 20.8. The molecule has 2 fully saturated rings. The van der Waals surface area contributed by atoms with E-state index in [0.717, 1.165) is 4.90 Å². The van der Waals surface area contributed by atoms with Gasteiger partial charge in [0.1, 0.15) is 11.7 Å². The maximum absolute atomic E-state index is 13.7. The van der Waals surface area contributed by atoms with Crippen LogP contribution in [-0.2, 0) is 14.4 Å². The van der Waals surface area contributed by atoms with Gasteiger partial charge in [-0.1, -0.05) is 36.4 Å². The lowest BCUT2D eigenvalue weighted by molar-refractivity contribution is -0.126. The molecule has 5 rings (SSSR count). The Hall–Kier alpha value is -4.04. The lowest BCUT2D eigenvalue weighted by Gasteiger charge is -2.29. The third kappa shape index (κ3) is 3.27.